The van der Waals surface area contributed by atoms with Gasteiger partial charge in [0.1, 0.15) is 6.61 Å². The van der Waals surface area contributed by atoms with Gasteiger partial charge in [-0.3, -0.25) is 9.59 Å². The maximum Gasteiger partial charge on any atom is 0.306 e. The normalized spacial score (nSPS) is 13.1. The van der Waals surface area contributed by atoms with Crippen molar-refractivity contribution in [1.82, 2.24) is 0 Å². The van der Waals surface area contributed by atoms with E-state index >= 15 is 0 Å². The van der Waals surface area contributed by atoms with Gasteiger partial charge in [-0.25, -0.2) is 0 Å². The molecule has 5 heteroatoms. The van der Waals surface area contributed by atoms with Crippen LogP contribution in [0.2, 0.25) is 0 Å². The molecule has 1 N–H and O–H groups in total. The Kier molecular flexibility index (Phi) is 38.1. The molecule has 0 unspecified atom stereocenters. The third kappa shape index (κ3) is 37.9. The zero-order valence-electron chi connectivity index (χ0n) is 32.1. The molecule has 0 rings (SSSR count). The Labute approximate surface area is 307 Å². The third-order valence-corrected chi connectivity index (χ3v) is 8.17. The van der Waals surface area contributed by atoms with Gasteiger partial charge in [0.2, 0.25) is 0 Å². The van der Waals surface area contributed by atoms with Crippen LogP contribution in [0.15, 0.2) is 85.1 Å². The SMILES string of the molecule is CC/C=C/C/C=C/C/C=C/CCCCCCCC(=O)OC[C@H](CO)OC(=O)CCC/C=C/C/C=C/C/C=C/C/C=C/CCCCCCCCC. The van der Waals surface area contributed by atoms with Crippen molar-refractivity contribution in [2.45, 2.75) is 174 Å². The fourth-order valence-electron chi connectivity index (χ4n) is 5.15. The molecule has 0 saturated heterocycles. The minimum Gasteiger partial charge on any atom is -0.462 e. The summed E-state index contributed by atoms with van der Waals surface area (Å²) in [5.74, 6) is -0.684. The summed E-state index contributed by atoms with van der Waals surface area (Å²) >= 11 is 0. The molecule has 0 aromatic heterocycles. The summed E-state index contributed by atoms with van der Waals surface area (Å²) in [6.45, 7) is 3.95. The molecule has 1 atom stereocenters. The minimum absolute atomic E-state index is 0.102. The number of aliphatic hydroxyl groups is 1. The quantitative estimate of drug-likeness (QED) is 0.0406. The van der Waals surface area contributed by atoms with E-state index < -0.39 is 6.10 Å². The first-order valence-electron chi connectivity index (χ1n) is 20.1. The Morgan fingerprint density at radius 1 is 0.480 bits per heavy atom. The number of carbonyl (C=O) groups is 2. The number of carbonyl (C=O) groups excluding carboxylic acids is 2. The average molecular weight is 695 g/mol. The monoisotopic (exact) mass is 695 g/mol. The van der Waals surface area contributed by atoms with E-state index in [4.69, 9.17) is 9.47 Å². The lowest BCUT2D eigenvalue weighted by molar-refractivity contribution is -0.161. The molecule has 0 spiro atoms. The molecule has 0 aliphatic heterocycles. The molecule has 0 heterocycles. The van der Waals surface area contributed by atoms with Crippen LogP contribution in [-0.4, -0.2) is 36.4 Å². The highest BCUT2D eigenvalue weighted by atomic mass is 16.6. The lowest BCUT2D eigenvalue weighted by atomic mass is 10.1. The maximum absolute atomic E-state index is 12.2. The molecular formula is C45H74O5. The van der Waals surface area contributed by atoms with Crippen LogP contribution in [0.5, 0.6) is 0 Å². The lowest BCUT2D eigenvalue weighted by Gasteiger charge is -2.15. The minimum atomic E-state index is -0.812. The zero-order chi connectivity index (χ0) is 36.4. The maximum atomic E-state index is 12.2. The molecule has 284 valence electrons. The first-order chi connectivity index (χ1) is 24.6. The van der Waals surface area contributed by atoms with Crippen molar-refractivity contribution in [1.29, 1.82) is 0 Å². The lowest BCUT2D eigenvalue weighted by Crippen LogP contribution is -2.28. The van der Waals surface area contributed by atoms with E-state index in [0.717, 1.165) is 83.5 Å². The van der Waals surface area contributed by atoms with Crippen molar-refractivity contribution >= 4 is 11.9 Å². The van der Waals surface area contributed by atoms with Crippen LogP contribution in [-0.2, 0) is 19.1 Å². The second-order valence-corrected chi connectivity index (χ2v) is 13.0. The van der Waals surface area contributed by atoms with Gasteiger partial charge in [0.25, 0.3) is 0 Å². The van der Waals surface area contributed by atoms with Gasteiger partial charge >= 0.3 is 11.9 Å². The molecule has 0 radical (unpaired) electrons. The zero-order valence-corrected chi connectivity index (χ0v) is 32.1. The van der Waals surface area contributed by atoms with E-state index in [1.54, 1.807) is 0 Å². The predicted molar refractivity (Wildman–Crippen MR) is 214 cm³/mol. The molecule has 50 heavy (non-hydrogen) atoms. The summed E-state index contributed by atoms with van der Waals surface area (Å²) in [5.41, 5.74) is 0. The molecule has 0 saturated carbocycles. The summed E-state index contributed by atoms with van der Waals surface area (Å²) in [6.07, 6.45) is 55.1. The standard InChI is InChI=1S/C45H74O5/c1-3-5-7-9-11-13-15-17-19-20-21-22-23-24-26-28-30-32-34-36-38-40-45(48)50-43(41-46)42-49-44(47)39-37-35-33-31-29-27-25-18-16-14-12-10-8-6-4-2/h6,8,12,14,18-20,22-23,25-26,28,32,34,43,46H,3-5,7,9-11,13,15-17,21,24,27,29-31,33,35-42H2,1-2H3/b8-6+,14-12+,20-19+,23-22+,25-18+,28-26+,34-32+/t43-/m0/s1. The van der Waals surface area contributed by atoms with Gasteiger partial charge in [-0.15, -0.1) is 0 Å². The van der Waals surface area contributed by atoms with E-state index in [1.165, 1.54) is 51.4 Å². The van der Waals surface area contributed by atoms with Gasteiger partial charge in [0, 0.05) is 12.8 Å². The highest BCUT2D eigenvalue weighted by Crippen LogP contribution is 2.11. The highest BCUT2D eigenvalue weighted by molar-refractivity contribution is 5.70. The topological polar surface area (TPSA) is 72.8 Å². The summed E-state index contributed by atoms with van der Waals surface area (Å²) in [6, 6.07) is 0. The van der Waals surface area contributed by atoms with Crippen molar-refractivity contribution in [2.24, 2.45) is 0 Å². The van der Waals surface area contributed by atoms with Gasteiger partial charge in [-0.2, -0.15) is 0 Å². The van der Waals surface area contributed by atoms with Crippen LogP contribution in [0.1, 0.15) is 168 Å². The number of hydrogen-bond acceptors (Lipinski definition) is 5. The summed E-state index contributed by atoms with van der Waals surface area (Å²) in [7, 11) is 0. The van der Waals surface area contributed by atoms with Gasteiger partial charge in [0.05, 0.1) is 6.61 Å². The number of ether oxygens (including phenoxy) is 2. The molecule has 0 aliphatic carbocycles. The van der Waals surface area contributed by atoms with E-state index in [2.05, 4.69) is 98.9 Å². The number of aliphatic hydroxyl groups excluding tert-OH is 1. The molecule has 0 fully saturated rings. The number of esters is 2. The molecule has 0 amide bonds. The Bertz CT molecular complexity index is 968. The second kappa shape index (κ2) is 40.5. The van der Waals surface area contributed by atoms with Crippen molar-refractivity contribution < 1.29 is 24.2 Å². The highest BCUT2D eigenvalue weighted by Gasteiger charge is 2.15. The van der Waals surface area contributed by atoms with Crippen LogP contribution in [0.4, 0.5) is 0 Å². The Morgan fingerprint density at radius 2 is 0.880 bits per heavy atom. The van der Waals surface area contributed by atoms with E-state index in [1.807, 2.05) is 0 Å². The van der Waals surface area contributed by atoms with Crippen LogP contribution in [0.25, 0.3) is 0 Å². The molecule has 5 nitrogen and oxygen atoms in total. The van der Waals surface area contributed by atoms with Gasteiger partial charge in [-0.1, -0.05) is 157 Å². The number of hydrogen-bond donors (Lipinski definition) is 1. The average Bonchev–Trinajstić information content (AvgIpc) is 3.12. The van der Waals surface area contributed by atoms with Crippen molar-refractivity contribution in [3.63, 3.8) is 0 Å². The number of rotatable bonds is 35. The second-order valence-electron chi connectivity index (χ2n) is 13.0. The Morgan fingerprint density at radius 3 is 1.36 bits per heavy atom. The van der Waals surface area contributed by atoms with E-state index in [9.17, 15) is 14.7 Å². The number of unbranched alkanes of at least 4 members (excludes halogenated alkanes) is 13. The predicted octanol–water partition coefficient (Wildman–Crippen LogP) is 12.7. The molecule has 0 aliphatic rings. The summed E-state index contributed by atoms with van der Waals surface area (Å²) in [4.78, 5) is 24.2. The van der Waals surface area contributed by atoms with Gasteiger partial charge in [-0.05, 0) is 83.5 Å². The molecule has 0 bridgehead atoms. The molecule has 0 aromatic carbocycles. The Hall–Kier alpha value is -2.92. The fraction of sp³-hybridized carbons (Fsp3) is 0.644. The van der Waals surface area contributed by atoms with Crippen molar-refractivity contribution in [3.8, 4) is 0 Å². The van der Waals surface area contributed by atoms with Crippen molar-refractivity contribution in [3.05, 3.63) is 85.1 Å². The van der Waals surface area contributed by atoms with Crippen LogP contribution >= 0.6 is 0 Å². The van der Waals surface area contributed by atoms with Gasteiger partial charge < -0.3 is 14.6 Å². The van der Waals surface area contributed by atoms with Crippen molar-refractivity contribution in [2.75, 3.05) is 13.2 Å². The van der Waals surface area contributed by atoms with Crippen LogP contribution < -0.4 is 0 Å². The molecule has 0 aromatic rings. The van der Waals surface area contributed by atoms with Gasteiger partial charge in [0.15, 0.2) is 6.10 Å². The summed E-state index contributed by atoms with van der Waals surface area (Å²) in [5, 5.41) is 9.55. The largest absolute Gasteiger partial charge is 0.462 e. The number of allylic oxidation sites excluding steroid dienone is 14. The fourth-order valence-corrected chi connectivity index (χ4v) is 5.15. The van der Waals surface area contributed by atoms with Crippen LogP contribution in [0.3, 0.4) is 0 Å². The first kappa shape index (κ1) is 47.1. The van der Waals surface area contributed by atoms with E-state index in [0.29, 0.717) is 12.8 Å². The van der Waals surface area contributed by atoms with E-state index in [-0.39, 0.29) is 31.6 Å². The Balaban J connectivity index is 3.71. The van der Waals surface area contributed by atoms with Crippen LogP contribution in [0, 0.1) is 0 Å². The first-order valence-corrected chi connectivity index (χ1v) is 20.1. The third-order valence-electron chi connectivity index (χ3n) is 8.17. The molecular weight excluding hydrogens is 620 g/mol. The smallest absolute Gasteiger partial charge is 0.306 e. The summed E-state index contributed by atoms with van der Waals surface area (Å²) < 4.78 is 10.5.